The van der Waals surface area contributed by atoms with E-state index in [1.807, 2.05) is 18.2 Å². The Morgan fingerprint density at radius 2 is 1.86 bits per heavy atom. The van der Waals surface area contributed by atoms with Crippen molar-refractivity contribution in [3.8, 4) is 11.8 Å². The summed E-state index contributed by atoms with van der Waals surface area (Å²) in [6.45, 7) is 0.573. The number of carbonyl (C=O) groups excluding carboxylic acids is 2. The Hall–Kier alpha value is -3.75. The highest BCUT2D eigenvalue weighted by Gasteiger charge is 2.32. The van der Waals surface area contributed by atoms with E-state index in [2.05, 4.69) is 25.9 Å². The predicted octanol–water partition coefficient (Wildman–Crippen LogP) is 2.63. The van der Waals surface area contributed by atoms with Gasteiger partial charge in [0.1, 0.15) is 11.8 Å². The molecule has 1 saturated heterocycles. The van der Waals surface area contributed by atoms with Crippen LogP contribution in [0.5, 0.6) is 11.8 Å². The van der Waals surface area contributed by atoms with E-state index in [0.717, 1.165) is 12.8 Å². The molecule has 2 amide bonds. The highest BCUT2D eigenvalue weighted by molar-refractivity contribution is 6.01. The lowest BCUT2D eigenvalue weighted by Gasteiger charge is -2.34. The lowest BCUT2D eigenvalue weighted by Crippen LogP contribution is -2.50. The van der Waals surface area contributed by atoms with Gasteiger partial charge in [-0.1, -0.05) is 28.4 Å². The zero-order valence-corrected chi connectivity index (χ0v) is 15.6. The van der Waals surface area contributed by atoms with Gasteiger partial charge in [-0.05, 0) is 60.9 Å². The molecule has 0 radical (unpaired) electrons. The topological polar surface area (TPSA) is 113 Å². The van der Waals surface area contributed by atoms with Crippen molar-refractivity contribution in [3.63, 3.8) is 0 Å². The highest BCUT2D eigenvalue weighted by Crippen LogP contribution is 2.23. The van der Waals surface area contributed by atoms with Gasteiger partial charge in [-0.3, -0.25) is 9.59 Å². The molecule has 2 N–H and O–H groups in total. The summed E-state index contributed by atoms with van der Waals surface area (Å²) in [5.41, 5.74) is 1.21. The Kier molecular flexibility index (Phi) is 5.46. The van der Waals surface area contributed by atoms with Gasteiger partial charge in [0.15, 0.2) is 0 Å². The number of benzene rings is 2. The van der Waals surface area contributed by atoms with E-state index >= 15 is 0 Å². The quantitative estimate of drug-likeness (QED) is 0.690. The Morgan fingerprint density at radius 3 is 2.59 bits per heavy atom. The largest absolute Gasteiger partial charge is 0.422 e. The van der Waals surface area contributed by atoms with Crippen molar-refractivity contribution >= 4 is 17.5 Å². The van der Waals surface area contributed by atoms with Crippen LogP contribution in [0.15, 0.2) is 54.6 Å². The fourth-order valence-corrected chi connectivity index (χ4v) is 3.33. The standard InChI is InChI=1S/C20H20N6O3/c27-18(21-15-9-11-16(12-10-15)29-20-22-24-25-23-20)17-8-4-5-13-26(17)19(28)14-6-2-1-3-7-14/h1-3,6-7,9-12,17H,4-5,8,13H2,(H,21,27)(H,22,23,24,25). The number of hydrogen-bond donors (Lipinski definition) is 2. The third-order valence-corrected chi connectivity index (χ3v) is 4.74. The Morgan fingerprint density at radius 1 is 1.07 bits per heavy atom. The molecule has 2 aromatic carbocycles. The van der Waals surface area contributed by atoms with Crippen LogP contribution in [0, 0.1) is 0 Å². The lowest BCUT2D eigenvalue weighted by atomic mass is 10.00. The molecular formula is C20H20N6O3. The van der Waals surface area contributed by atoms with Crippen LogP contribution in [0.2, 0.25) is 0 Å². The number of piperidine rings is 1. The molecule has 1 aromatic heterocycles. The van der Waals surface area contributed by atoms with Crippen molar-refractivity contribution in [2.75, 3.05) is 11.9 Å². The van der Waals surface area contributed by atoms with Crippen LogP contribution in [0.4, 0.5) is 5.69 Å². The van der Waals surface area contributed by atoms with Gasteiger partial charge in [0.25, 0.3) is 5.91 Å². The van der Waals surface area contributed by atoms with Crippen molar-refractivity contribution in [3.05, 3.63) is 60.2 Å². The van der Waals surface area contributed by atoms with Gasteiger partial charge in [-0.25, -0.2) is 0 Å². The molecule has 9 heteroatoms. The van der Waals surface area contributed by atoms with Gasteiger partial charge in [0, 0.05) is 17.8 Å². The summed E-state index contributed by atoms with van der Waals surface area (Å²) in [6, 6.07) is 15.5. The number of anilines is 1. The number of hydrogen-bond acceptors (Lipinski definition) is 6. The Bertz CT molecular complexity index is 960. The molecule has 1 unspecified atom stereocenters. The number of nitrogens with one attached hydrogen (secondary N) is 2. The first-order chi connectivity index (χ1) is 14.2. The first-order valence-corrected chi connectivity index (χ1v) is 9.39. The smallest absolute Gasteiger partial charge is 0.361 e. The van der Waals surface area contributed by atoms with E-state index in [0.29, 0.717) is 30.0 Å². The fraction of sp³-hybridized carbons (Fsp3) is 0.250. The molecule has 0 saturated carbocycles. The van der Waals surface area contributed by atoms with Crippen molar-refractivity contribution in [1.82, 2.24) is 25.5 Å². The molecule has 1 aliphatic heterocycles. The normalized spacial score (nSPS) is 16.3. The summed E-state index contributed by atoms with van der Waals surface area (Å²) < 4.78 is 5.41. The molecule has 2 heterocycles. The molecule has 1 atom stereocenters. The number of carbonyl (C=O) groups is 2. The number of rotatable bonds is 5. The maximum absolute atomic E-state index is 12.9. The van der Waals surface area contributed by atoms with E-state index < -0.39 is 6.04 Å². The predicted molar refractivity (Wildman–Crippen MR) is 104 cm³/mol. The van der Waals surface area contributed by atoms with E-state index in [9.17, 15) is 9.59 Å². The molecule has 1 aliphatic rings. The minimum atomic E-state index is -0.494. The average Bonchev–Trinajstić information content (AvgIpc) is 3.28. The number of amides is 2. The van der Waals surface area contributed by atoms with E-state index in [-0.39, 0.29) is 17.8 Å². The molecule has 148 valence electrons. The summed E-state index contributed by atoms with van der Waals surface area (Å²) in [4.78, 5) is 27.4. The monoisotopic (exact) mass is 392 g/mol. The maximum Gasteiger partial charge on any atom is 0.361 e. The van der Waals surface area contributed by atoms with Gasteiger partial charge < -0.3 is 15.0 Å². The van der Waals surface area contributed by atoms with E-state index in [4.69, 9.17) is 4.74 Å². The number of aromatic amines is 1. The second-order valence-electron chi connectivity index (χ2n) is 6.69. The summed E-state index contributed by atoms with van der Waals surface area (Å²) >= 11 is 0. The van der Waals surface area contributed by atoms with Gasteiger partial charge >= 0.3 is 6.01 Å². The molecule has 29 heavy (non-hydrogen) atoms. The SMILES string of the molecule is O=C(Nc1ccc(Oc2nn[nH]n2)cc1)C1CCCCN1C(=O)c1ccccc1. The van der Waals surface area contributed by atoms with E-state index in [1.54, 1.807) is 41.3 Å². The van der Waals surface area contributed by atoms with Crippen LogP contribution >= 0.6 is 0 Å². The number of likely N-dealkylation sites (tertiary alicyclic amines) is 1. The second kappa shape index (κ2) is 8.51. The molecule has 4 rings (SSSR count). The van der Waals surface area contributed by atoms with Crippen LogP contribution in [0.1, 0.15) is 29.6 Å². The summed E-state index contributed by atoms with van der Waals surface area (Å²) in [5.74, 6) is 0.207. The van der Waals surface area contributed by atoms with Crippen LogP contribution in [0.25, 0.3) is 0 Å². The molecule has 0 bridgehead atoms. The molecule has 3 aromatic rings. The lowest BCUT2D eigenvalue weighted by molar-refractivity contribution is -0.121. The van der Waals surface area contributed by atoms with Crippen molar-refractivity contribution in [2.24, 2.45) is 0 Å². The molecule has 1 fully saturated rings. The van der Waals surface area contributed by atoms with Crippen molar-refractivity contribution in [2.45, 2.75) is 25.3 Å². The number of nitrogens with zero attached hydrogens (tertiary/aromatic N) is 4. The number of tetrazole rings is 1. The first kappa shape index (κ1) is 18.6. The summed E-state index contributed by atoms with van der Waals surface area (Å²) in [5, 5.41) is 16.1. The fourth-order valence-electron chi connectivity index (χ4n) is 3.33. The van der Waals surface area contributed by atoms with Crippen molar-refractivity contribution < 1.29 is 14.3 Å². The third kappa shape index (κ3) is 4.40. The Balaban J connectivity index is 1.42. The zero-order chi connectivity index (χ0) is 20.1. The van der Waals surface area contributed by atoms with Gasteiger partial charge in [0.05, 0.1) is 0 Å². The average molecular weight is 392 g/mol. The van der Waals surface area contributed by atoms with Crippen LogP contribution in [-0.4, -0.2) is 49.9 Å². The summed E-state index contributed by atoms with van der Waals surface area (Å²) in [7, 11) is 0. The van der Waals surface area contributed by atoms with Crippen LogP contribution in [-0.2, 0) is 4.79 Å². The molecular weight excluding hydrogens is 372 g/mol. The highest BCUT2D eigenvalue weighted by atomic mass is 16.5. The number of ether oxygens (including phenoxy) is 1. The van der Waals surface area contributed by atoms with E-state index in [1.165, 1.54) is 0 Å². The van der Waals surface area contributed by atoms with Gasteiger partial charge in [0.2, 0.25) is 5.91 Å². The molecule has 9 nitrogen and oxygen atoms in total. The van der Waals surface area contributed by atoms with Crippen molar-refractivity contribution in [1.29, 1.82) is 0 Å². The van der Waals surface area contributed by atoms with Crippen LogP contribution < -0.4 is 10.1 Å². The molecule has 0 aliphatic carbocycles. The zero-order valence-electron chi connectivity index (χ0n) is 15.6. The minimum absolute atomic E-state index is 0.110. The maximum atomic E-state index is 12.9. The van der Waals surface area contributed by atoms with Gasteiger partial charge in [-0.15, -0.1) is 0 Å². The van der Waals surface area contributed by atoms with Crippen LogP contribution in [0.3, 0.4) is 0 Å². The summed E-state index contributed by atoms with van der Waals surface area (Å²) in [6.07, 6.45) is 2.45. The molecule has 0 spiro atoms. The third-order valence-electron chi connectivity index (χ3n) is 4.74. The number of H-pyrrole nitrogens is 1. The van der Waals surface area contributed by atoms with Gasteiger partial charge in [-0.2, -0.15) is 5.21 Å². The Labute approximate surface area is 167 Å². The minimum Gasteiger partial charge on any atom is -0.422 e. The second-order valence-corrected chi connectivity index (χ2v) is 6.69. The number of aromatic nitrogens is 4. The first-order valence-electron chi connectivity index (χ1n) is 9.39.